The van der Waals surface area contributed by atoms with Crippen molar-refractivity contribution in [1.29, 1.82) is 0 Å². The van der Waals surface area contributed by atoms with Crippen molar-refractivity contribution in [1.82, 2.24) is 10.6 Å². The number of furan rings is 1. The van der Waals surface area contributed by atoms with Gasteiger partial charge in [0.2, 0.25) is 0 Å². The van der Waals surface area contributed by atoms with Crippen molar-refractivity contribution in [3.63, 3.8) is 0 Å². The van der Waals surface area contributed by atoms with Crippen LogP contribution in [0.1, 0.15) is 28.7 Å². The predicted octanol–water partition coefficient (Wildman–Crippen LogP) is 2.43. The van der Waals surface area contributed by atoms with Gasteiger partial charge in [0.05, 0.1) is 12.6 Å². The first-order chi connectivity index (χ1) is 10.1. The third kappa shape index (κ3) is 4.10. The highest BCUT2D eigenvalue weighted by molar-refractivity contribution is 5.74. The number of carbonyl (C=O) groups excluding carboxylic acids is 1. The molecule has 3 N–H and O–H groups in total. The number of aryl methyl sites for hydroxylation is 2. The van der Waals surface area contributed by atoms with Gasteiger partial charge in [0, 0.05) is 12.1 Å². The quantitative estimate of drug-likeness (QED) is 0.791. The molecule has 1 atom stereocenters. The molecule has 1 heterocycles. The van der Waals surface area contributed by atoms with Crippen molar-refractivity contribution in [2.24, 2.45) is 0 Å². The Morgan fingerprint density at radius 2 is 2.00 bits per heavy atom. The van der Waals surface area contributed by atoms with Crippen molar-refractivity contribution in [3.8, 4) is 0 Å². The first-order valence-electron chi connectivity index (χ1n) is 6.86. The summed E-state index contributed by atoms with van der Waals surface area (Å²) in [6, 6.07) is 10.5. The van der Waals surface area contributed by atoms with E-state index in [1.54, 1.807) is 0 Å². The van der Waals surface area contributed by atoms with E-state index in [1.807, 2.05) is 50.2 Å². The van der Waals surface area contributed by atoms with Gasteiger partial charge in [-0.25, -0.2) is 4.79 Å². The zero-order chi connectivity index (χ0) is 15.2. The summed E-state index contributed by atoms with van der Waals surface area (Å²) in [4.78, 5) is 11.9. The maximum Gasteiger partial charge on any atom is 0.315 e. The minimum Gasteiger partial charge on any atom is -0.466 e. The standard InChI is InChI=1S/C16H20N2O3/c1-11-8-14(12(2)21-11)9-17-16(20)18-15(10-19)13-6-4-3-5-7-13/h3-8,15,19H,9-10H2,1-2H3,(H2,17,18,20). The highest BCUT2D eigenvalue weighted by Gasteiger charge is 2.13. The molecule has 0 fully saturated rings. The molecule has 5 nitrogen and oxygen atoms in total. The van der Waals surface area contributed by atoms with E-state index in [0.717, 1.165) is 22.6 Å². The Morgan fingerprint density at radius 1 is 1.29 bits per heavy atom. The number of hydrogen-bond donors (Lipinski definition) is 3. The SMILES string of the molecule is Cc1cc(CNC(=O)NC(CO)c2ccccc2)c(C)o1. The van der Waals surface area contributed by atoms with E-state index < -0.39 is 6.04 Å². The molecule has 5 heteroatoms. The van der Waals surface area contributed by atoms with Crippen LogP contribution < -0.4 is 10.6 Å². The van der Waals surface area contributed by atoms with Gasteiger partial charge < -0.3 is 20.2 Å². The van der Waals surface area contributed by atoms with Gasteiger partial charge in [-0.3, -0.25) is 0 Å². The average molecular weight is 288 g/mol. The molecular formula is C16H20N2O3. The molecule has 0 aliphatic rings. The summed E-state index contributed by atoms with van der Waals surface area (Å²) in [7, 11) is 0. The number of aliphatic hydroxyl groups is 1. The van der Waals surface area contributed by atoms with Crippen LogP contribution in [0, 0.1) is 13.8 Å². The van der Waals surface area contributed by atoms with E-state index in [2.05, 4.69) is 10.6 Å². The lowest BCUT2D eigenvalue weighted by Gasteiger charge is -2.17. The van der Waals surface area contributed by atoms with Crippen LogP contribution in [0.4, 0.5) is 4.79 Å². The highest BCUT2D eigenvalue weighted by atomic mass is 16.3. The molecule has 2 aromatic rings. The molecular weight excluding hydrogens is 268 g/mol. The van der Waals surface area contributed by atoms with Crippen molar-refractivity contribution < 1.29 is 14.3 Å². The van der Waals surface area contributed by atoms with Crippen molar-refractivity contribution in [2.45, 2.75) is 26.4 Å². The molecule has 0 aliphatic carbocycles. The molecule has 2 amide bonds. The van der Waals surface area contributed by atoms with Crippen molar-refractivity contribution >= 4 is 6.03 Å². The summed E-state index contributed by atoms with van der Waals surface area (Å²) in [5, 5.41) is 14.9. The fourth-order valence-corrected chi connectivity index (χ4v) is 2.16. The lowest BCUT2D eigenvalue weighted by atomic mass is 10.1. The average Bonchev–Trinajstić information content (AvgIpc) is 2.81. The lowest BCUT2D eigenvalue weighted by molar-refractivity contribution is 0.216. The van der Waals surface area contributed by atoms with Gasteiger partial charge in [-0.2, -0.15) is 0 Å². The maximum absolute atomic E-state index is 11.9. The van der Waals surface area contributed by atoms with E-state index >= 15 is 0 Å². The van der Waals surface area contributed by atoms with Crippen LogP contribution in [-0.2, 0) is 6.54 Å². The van der Waals surface area contributed by atoms with Gasteiger partial charge >= 0.3 is 6.03 Å². The summed E-state index contributed by atoms with van der Waals surface area (Å²) in [5.41, 5.74) is 1.81. The molecule has 21 heavy (non-hydrogen) atoms. The fourth-order valence-electron chi connectivity index (χ4n) is 2.16. The van der Waals surface area contributed by atoms with Crippen LogP contribution in [-0.4, -0.2) is 17.7 Å². The largest absolute Gasteiger partial charge is 0.466 e. The monoisotopic (exact) mass is 288 g/mol. The first-order valence-corrected chi connectivity index (χ1v) is 6.86. The molecule has 0 saturated carbocycles. The molecule has 0 bridgehead atoms. The second-order valence-corrected chi connectivity index (χ2v) is 4.91. The Hall–Kier alpha value is -2.27. The van der Waals surface area contributed by atoms with E-state index in [1.165, 1.54) is 0 Å². The number of benzene rings is 1. The maximum atomic E-state index is 11.9. The molecule has 2 rings (SSSR count). The Kier molecular flexibility index (Phi) is 5.00. The van der Waals surface area contributed by atoms with E-state index in [0.29, 0.717) is 6.54 Å². The fraction of sp³-hybridized carbons (Fsp3) is 0.312. The van der Waals surface area contributed by atoms with Gasteiger partial charge in [-0.15, -0.1) is 0 Å². The molecule has 1 aromatic heterocycles. The van der Waals surface area contributed by atoms with Crippen LogP contribution in [0.3, 0.4) is 0 Å². The van der Waals surface area contributed by atoms with Crippen LogP contribution >= 0.6 is 0 Å². The van der Waals surface area contributed by atoms with Crippen LogP contribution in [0.5, 0.6) is 0 Å². The molecule has 0 saturated heterocycles. The summed E-state index contributed by atoms with van der Waals surface area (Å²) >= 11 is 0. The van der Waals surface area contributed by atoms with E-state index in [4.69, 9.17) is 4.42 Å². The minimum absolute atomic E-state index is 0.152. The van der Waals surface area contributed by atoms with Crippen molar-refractivity contribution in [2.75, 3.05) is 6.61 Å². The smallest absolute Gasteiger partial charge is 0.315 e. The highest BCUT2D eigenvalue weighted by Crippen LogP contribution is 2.14. The van der Waals surface area contributed by atoms with Gasteiger partial charge in [0.25, 0.3) is 0 Å². The van der Waals surface area contributed by atoms with E-state index in [9.17, 15) is 9.90 Å². The number of nitrogens with one attached hydrogen (secondary N) is 2. The summed E-state index contributed by atoms with van der Waals surface area (Å²) in [6.45, 7) is 3.97. The number of aliphatic hydroxyl groups excluding tert-OH is 1. The van der Waals surface area contributed by atoms with Gasteiger partial charge in [0.1, 0.15) is 11.5 Å². The Balaban J connectivity index is 1.90. The van der Waals surface area contributed by atoms with E-state index in [-0.39, 0.29) is 12.6 Å². The number of rotatable bonds is 5. The van der Waals surface area contributed by atoms with Crippen molar-refractivity contribution in [3.05, 3.63) is 59.0 Å². The van der Waals surface area contributed by atoms with Gasteiger partial charge in [-0.1, -0.05) is 30.3 Å². The number of urea groups is 1. The third-order valence-corrected chi connectivity index (χ3v) is 3.27. The number of amides is 2. The van der Waals surface area contributed by atoms with Crippen LogP contribution in [0.15, 0.2) is 40.8 Å². The van der Waals surface area contributed by atoms with Gasteiger partial charge in [-0.05, 0) is 25.5 Å². The van der Waals surface area contributed by atoms with Crippen LogP contribution in [0.25, 0.3) is 0 Å². The molecule has 0 aliphatic heterocycles. The number of carbonyl (C=O) groups is 1. The summed E-state index contributed by atoms with van der Waals surface area (Å²) in [6.07, 6.45) is 0. The predicted molar refractivity (Wildman–Crippen MR) is 79.8 cm³/mol. The molecule has 112 valence electrons. The second-order valence-electron chi connectivity index (χ2n) is 4.91. The summed E-state index contributed by atoms with van der Waals surface area (Å²) < 4.78 is 5.41. The zero-order valence-corrected chi connectivity index (χ0v) is 12.2. The molecule has 1 unspecified atom stereocenters. The zero-order valence-electron chi connectivity index (χ0n) is 12.2. The normalized spacial score (nSPS) is 12.0. The topological polar surface area (TPSA) is 74.5 Å². The Labute approximate surface area is 124 Å². The van der Waals surface area contributed by atoms with Crippen LogP contribution in [0.2, 0.25) is 0 Å². The first kappa shape index (κ1) is 15.1. The molecule has 0 spiro atoms. The molecule has 1 aromatic carbocycles. The Bertz CT molecular complexity index is 593. The third-order valence-electron chi connectivity index (χ3n) is 3.27. The lowest BCUT2D eigenvalue weighted by Crippen LogP contribution is -2.38. The second kappa shape index (κ2) is 6.95. The minimum atomic E-state index is -0.418. The number of hydrogen-bond acceptors (Lipinski definition) is 3. The Morgan fingerprint density at radius 3 is 2.57 bits per heavy atom. The van der Waals surface area contributed by atoms with Gasteiger partial charge in [0.15, 0.2) is 0 Å². The summed E-state index contributed by atoms with van der Waals surface area (Å²) in [5.74, 6) is 1.62. The molecule has 0 radical (unpaired) electrons.